The van der Waals surface area contributed by atoms with Gasteiger partial charge in [0.2, 0.25) is 5.96 Å². The van der Waals surface area contributed by atoms with Gasteiger partial charge in [-0.15, -0.1) is 0 Å². The molecule has 0 radical (unpaired) electrons. The number of guanidine groups is 1. The molecule has 1 fully saturated rings. The highest BCUT2D eigenvalue weighted by atomic mass is 16.5. The fraction of sp³-hybridized carbons (Fsp3) is 0.333. The maximum Gasteiger partial charge on any atom is 0.257 e. The minimum Gasteiger partial charge on any atom is -0.376 e. The Kier molecular flexibility index (Phi) is 6.39. The number of anilines is 1. The number of aliphatic imine (C=N–C) groups is 1. The Bertz CT molecular complexity index is 753. The van der Waals surface area contributed by atoms with E-state index in [1.807, 2.05) is 30.3 Å². The molecule has 0 bridgehead atoms. The van der Waals surface area contributed by atoms with Gasteiger partial charge in [-0.05, 0) is 49.1 Å². The van der Waals surface area contributed by atoms with Gasteiger partial charge in [0.15, 0.2) is 0 Å². The molecule has 0 spiro atoms. The van der Waals surface area contributed by atoms with Crippen LogP contribution in [-0.2, 0) is 11.2 Å². The number of hydrogen-bond donors (Lipinski definition) is 2. The van der Waals surface area contributed by atoms with Gasteiger partial charge in [-0.1, -0.05) is 37.3 Å². The van der Waals surface area contributed by atoms with Crippen LogP contribution in [-0.4, -0.2) is 31.1 Å². The molecule has 0 aromatic heterocycles. The SMILES string of the molecule is CCc1cccc(NC(=NC[C@@H]2CCCO2)NC(=O)c2ccccc2)c1. The second-order valence-electron chi connectivity index (χ2n) is 6.32. The molecule has 3 rings (SSSR count). The average molecular weight is 351 g/mol. The largest absolute Gasteiger partial charge is 0.376 e. The lowest BCUT2D eigenvalue weighted by atomic mass is 10.1. The van der Waals surface area contributed by atoms with Crippen LogP contribution in [0.25, 0.3) is 0 Å². The van der Waals surface area contributed by atoms with Crippen molar-refractivity contribution in [2.45, 2.75) is 32.3 Å². The maximum atomic E-state index is 12.5. The predicted octanol–water partition coefficient (Wildman–Crippen LogP) is 3.63. The Labute approximate surface area is 154 Å². The lowest BCUT2D eigenvalue weighted by Crippen LogP contribution is -2.36. The highest BCUT2D eigenvalue weighted by Gasteiger charge is 2.16. The number of nitrogens with zero attached hydrogens (tertiary/aromatic N) is 1. The minimum absolute atomic E-state index is 0.127. The summed E-state index contributed by atoms with van der Waals surface area (Å²) in [6.07, 6.45) is 3.16. The van der Waals surface area contributed by atoms with Gasteiger partial charge in [0.1, 0.15) is 0 Å². The number of nitrogens with one attached hydrogen (secondary N) is 2. The van der Waals surface area contributed by atoms with E-state index in [4.69, 9.17) is 4.74 Å². The first-order valence-corrected chi connectivity index (χ1v) is 9.13. The third-order valence-corrected chi connectivity index (χ3v) is 4.34. The number of hydrogen-bond acceptors (Lipinski definition) is 3. The third-order valence-electron chi connectivity index (χ3n) is 4.34. The second kappa shape index (κ2) is 9.15. The lowest BCUT2D eigenvalue weighted by Gasteiger charge is -2.14. The van der Waals surface area contributed by atoms with Gasteiger partial charge in [0.25, 0.3) is 5.91 Å². The fourth-order valence-electron chi connectivity index (χ4n) is 2.87. The van der Waals surface area contributed by atoms with Crippen LogP contribution in [0.2, 0.25) is 0 Å². The summed E-state index contributed by atoms with van der Waals surface area (Å²) in [6, 6.07) is 17.3. The second-order valence-corrected chi connectivity index (χ2v) is 6.32. The van der Waals surface area contributed by atoms with E-state index in [0.29, 0.717) is 18.1 Å². The molecule has 0 unspecified atom stereocenters. The van der Waals surface area contributed by atoms with Crippen molar-refractivity contribution < 1.29 is 9.53 Å². The summed E-state index contributed by atoms with van der Waals surface area (Å²) in [5.41, 5.74) is 2.73. The molecule has 0 saturated carbocycles. The van der Waals surface area contributed by atoms with Crippen LogP contribution in [0.3, 0.4) is 0 Å². The summed E-state index contributed by atoms with van der Waals surface area (Å²) in [5, 5.41) is 6.13. The minimum atomic E-state index is -0.184. The standard InChI is InChI=1S/C21H25N3O2/c1-2-16-8-6-11-18(14-16)23-21(22-15-19-12-7-13-26-19)24-20(25)17-9-4-3-5-10-17/h3-6,8-11,14,19H,2,7,12-13,15H2,1H3,(H2,22,23,24,25)/t19-/m0/s1. The van der Waals surface area contributed by atoms with Gasteiger partial charge < -0.3 is 10.1 Å². The van der Waals surface area contributed by atoms with Gasteiger partial charge in [0.05, 0.1) is 12.6 Å². The fourth-order valence-corrected chi connectivity index (χ4v) is 2.87. The van der Waals surface area contributed by atoms with E-state index < -0.39 is 0 Å². The zero-order valence-electron chi connectivity index (χ0n) is 15.1. The molecule has 5 nitrogen and oxygen atoms in total. The zero-order valence-corrected chi connectivity index (χ0v) is 15.1. The van der Waals surface area contributed by atoms with Crippen molar-refractivity contribution in [1.82, 2.24) is 5.32 Å². The molecule has 2 aromatic carbocycles. The molecular weight excluding hydrogens is 326 g/mol. The molecule has 26 heavy (non-hydrogen) atoms. The molecule has 1 aliphatic heterocycles. The first-order valence-electron chi connectivity index (χ1n) is 9.13. The Hall–Kier alpha value is -2.66. The first kappa shape index (κ1) is 18.1. The van der Waals surface area contributed by atoms with Crippen LogP contribution < -0.4 is 10.6 Å². The van der Waals surface area contributed by atoms with Crippen LogP contribution in [0, 0.1) is 0 Å². The Morgan fingerprint density at radius 3 is 2.77 bits per heavy atom. The molecule has 136 valence electrons. The van der Waals surface area contributed by atoms with Crippen LogP contribution in [0.15, 0.2) is 59.6 Å². The predicted molar refractivity (Wildman–Crippen MR) is 105 cm³/mol. The van der Waals surface area contributed by atoms with E-state index in [1.165, 1.54) is 5.56 Å². The molecule has 1 amide bonds. The van der Waals surface area contributed by atoms with Gasteiger partial charge >= 0.3 is 0 Å². The molecule has 2 aromatic rings. The third kappa shape index (κ3) is 5.17. The van der Waals surface area contributed by atoms with Crippen LogP contribution >= 0.6 is 0 Å². The van der Waals surface area contributed by atoms with Crippen molar-refractivity contribution >= 4 is 17.6 Å². The van der Waals surface area contributed by atoms with Crippen LogP contribution in [0.1, 0.15) is 35.7 Å². The molecule has 1 heterocycles. The Morgan fingerprint density at radius 1 is 1.19 bits per heavy atom. The summed E-state index contributed by atoms with van der Waals surface area (Å²) in [4.78, 5) is 17.1. The summed E-state index contributed by atoms with van der Waals surface area (Å²) >= 11 is 0. The molecule has 0 aliphatic carbocycles. The molecule has 1 saturated heterocycles. The van der Waals surface area contributed by atoms with Crippen molar-refractivity contribution in [3.63, 3.8) is 0 Å². The van der Waals surface area contributed by atoms with Crippen molar-refractivity contribution in [3.05, 3.63) is 65.7 Å². The Morgan fingerprint density at radius 2 is 2.04 bits per heavy atom. The number of rotatable bonds is 5. The monoisotopic (exact) mass is 351 g/mol. The summed E-state index contributed by atoms with van der Waals surface area (Å²) in [6.45, 7) is 3.44. The zero-order chi connectivity index (χ0) is 18.2. The molecule has 5 heteroatoms. The highest BCUT2D eigenvalue weighted by molar-refractivity contribution is 6.09. The van der Waals surface area contributed by atoms with Gasteiger partial charge in [0, 0.05) is 17.9 Å². The molecule has 1 atom stereocenters. The van der Waals surface area contributed by atoms with Gasteiger partial charge in [-0.2, -0.15) is 0 Å². The smallest absolute Gasteiger partial charge is 0.257 e. The number of ether oxygens (including phenoxy) is 1. The van der Waals surface area contributed by atoms with Gasteiger partial charge in [-0.25, -0.2) is 4.99 Å². The van der Waals surface area contributed by atoms with Crippen LogP contribution in [0.4, 0.5) is 5.69 Å². The Balaban J connectivity index is 1.74. The first-order chi connectivity index (χ1) is 12.7. The van der Waals surface area contributed by atoms with E-state index in [2.05, 4.69) is 34.7 Å². The van der Waals surface area contributed by atoms with E-state index >= 15 is 0 Å². The maximum absolute atomic E-state index is 12.5. The number of carbonyl (C=O) groups excluding carboxylic acids is 1. The summed E-state index contributed by atoms with van der Waals surface area (Å²) in [7, 11) is 0. The van der Waals surface area contributed by atoms with E-state index in [0.717, 1.165) is 31.6 Å². The summed E-state index contributed by atoms with van der Waals surface area (Å²) in [5.74, 6) is 0.262. The number of carbonyl (C=O) groups is 1. The molecule has 1 aliphatic rings. The molecule has 2 N–H and O–H groups in total. The van der Waals surface area contributed by atoms with Crippen molar-refractivity contribution in [2.24, 2.45) is 4.99 Å². The quantitative estimate of drug-likeness (QED) is 0.639. The van der Waals surface area contributed by atoms with E-state index in [-0.39, 0.29) is 12.0 Å². The van der Waals surface area contributed by atoms with Crippen molar-refractivity contribution in [1.29, 1.82) is 0 Å². The van der Waals surface area contributed by atoms with Crippen LogP contribution in [0.5, 0.6) is 0 Å². The highest BCUT2D eigenvalue weighted by Crippen LogP contribution is 2.13. The van der Waals surface area contributed by atoms with Crippen molar-refractivity contribution in [2.75, 3.05) is 18.5 Å². The van der Waals surface area contributed by atoms with Crippen molar-refractivity contribution in [3.8, 4) is 0 Å². The number of benzene rings is 2. The van der Waals surface area contributed by atoms with E-state index in [9.17, 15) is 4.79 Å². The lowest BCUT2D eigenvalue weighted by molar-refractivity contribution is 0.0975. The number of aryl methyl sites for hydroxylation is 1. The molecular formula is C21H25N3O2. The number of amides is 1. The van der Waals surface area contributed by atoms with Gasteiger partial charge in [-0.3, -0.25) is 10.1 Å². The summed E-state index contributed by atoms with van der Waals surface area (Å²) < 4.78 is 5.63. The average Bonchev–Trinajstić information content (AvgIpc) is 3.20. The normalized spacial score (nSPS) is 17.1. The topological polar surface area (TPSA) is 62.7 Å². The van der Waals surface area contributed by atoms with E-state index in [1.54, 1.807) is 12.1 Å².